The third-order valence-electron chi connectivity index (χ3n) is 6.13. The number of likely N-dealkylation sites (N-methyl/N-ethyl adjacent to an activating group) is 1. The Morgan fingerprint density at radius 2 is 1.65 bits per heavy atom. The highest BCUT2D eigenvalue weighted by atomic mass is 32.2. The molecule has 2 aromatic carbocycles. The number of nitrogens with one attached hydrogen (secondary N) is 2. The van der Waals surface area contributed by atoms with E-state index in [2.05, 4.69) is 10.6 Å². The number of thioether (sulfide) groups is 1. The quantitative estimate of drug-likeness (QED) is 0.409. The van der Waals surface area contributed by atoms with Crippen LogP contribution in [0.5, 0.6) is 0 Å². The molecule has 0 aliphatic heterocycles. The molecule has 2 N–H and O–H groups in total. The first-order valence-corrected chi connectivity index (χ1v) is 14.0. The van der Waals surface area contributed by atoms with Crippen molar-refractivity contribution in [2.75, 3.05) is 23.9 Å². The molecule has 0 spiro atoms. The smallest absolute Gasteiger partial charge is 0.408 e. The van der Waals surface area contributed by atoms with E-state index in [4.69, 9.17) is 4.74 Å². The number of rotatable bonds is 10. The molecular weight excluding hydrogens is 486 g/mol. The first-order valence-electron chi connectivity index (χ1n) is 12.6. The van der Waals surface area contributed by atoms with Crippen LogP contribution in [0, 0.1) is 20.8 Å². The molecule has 2 rings (SSSR count). The van der Waals surface area contributed by atoms with E-state index in [0.717, 1.165) is 22.3 Å². The minimum atomic E-state index is -0.880. The van der Waals surface area contributed by atoms with Crippen molar-refractivity contribution in [1.29, 1.82) is 0 Å². The summed E-state index contributed by atoms with van der Waals surface area (Å²) in [5.41, 5.74) is 3.64. The Morgan fingerprint density at radius 1 is 1.00 bits per heavy atom. The molecule has 0 aromatic heterocycles. The fourth-order valence-corrected chi connectivity index (χ4v) is 4.52. The number of ether oxygens (including phenoxy) is 1. The molecule has 8 heteroatoms. The number of nitrogens with zero attached hydrogens (tertiary/aromatic N) is 1. The van der Waals surface area contributed by atoms with Crippen LogP contribution in [-0.4, -0.2) is 53.0 Å². The highest BCUT2D eigenvalue weighted by Crippen LogP contribution is 2.29. The maximum atomic E-state index is 14.0. The van der Waals surface area contributed by atoms with Gasteiger partial charge in [0.1, 0.15) is 17.7 Å². The number of amides is 3. The minimum absolute atomic E-state index is 0.282. The first kappa shape index (κ1) is 30.2. The lowest BCUT2D eigenvalue weighted by Gasteiger charge is -2.34. The van der Waals surface area contributed by atoms with Gasteiger partial charge in [-0.1, -0.05) is 36.4 Å². The van der Waals surface area contributed by atoms with Gasteiger partial charge in [-0.25, -0.2) is 4.79 Å². The highest BCUT2D eigenvalue weighted by molar-refractivity contribution is 7.98. The second-order valence-corrected chi connectivity index (χ2v) is 11.1. The van der Waals surface area contributed by atoms with Gasteiger partial charge in [0, 0.05) is 12.2 Å². The summed E-state index contributed by atoms with van der Waals surface area (Å²) in [6.07, 6.45) is 1.70. The molecule has 2 atom stereocenters. The summed E-state index contributed by atoms with van der Waals surface area (Å²) < 4.78 is 5.42. The van der Waals surface area contributed by atoms with Gasteiger partial charge >= 0.3 is 6.09 Å². The standard InChI is InChI=1S/C29H41N3O4S/c1-9-32(27(34)24(17-18-37-8)31-28(35)36-29(5,6)7)25(22-15-12-14-19(2)21(22)4)26(33)30-23-16-11-10-13-20(23)3/h10-16,24-25H,9,17-18H2,1-8H3,(H,30,33)(H,31,35). The topological polar surface area (TPSA) is 87.7 Å². The molecule has 202 valence electrons. The van der Waals surface area contributed by atoms with Crippen molar-refractivity contribution in [2.24, 2.45) is 0 Å². The van der Waals surface area contributed by atoms with Gasteiger partial charge < -0.3 is 20.3 Å². The van der Waals surface area contributed by atoms with E-state index in [0.29, 0.717) is 17.9 Å². The average molecular weight is 528 g/mol. The van der Waals surface area contributed by atoms with Crippen LogP contribution < -0.4 is 10.6 Å². The number of hydrogen-bond donors (Lipinski definition) is 2. The normalized spacial score (nSPS) is 12.9. The minimum Gasteiger partial charge on any atom is -0.444 e. The van der Waals surface area contributed by atoms with Crippen LogP contribution in [0.3, 0.4) is 0 Å². The van der Waals surface area contributed by atoms with Gasteiger partial charge in [0.25, 0.3) is 5.91 Å². The number of aryl methyl sites for hydroxylation is 2. The Kier molecular flexibility index (Phi) is 11.0. The third-order valence-corrected chi connectivity index (χ3v) is 6.77. The Labute approximate surface area is 225 Å². The maximum absolute atomic E-state index is 14.0. The monoisotopic (exact) mass is 527 g/mol. The molecule has 0 heterocycles. The van der Waals surface area contributed by atoms with E-state index in [1.807, 2.05) is 76.4 Å². The summed E-state index contributed by atoms with van der Waals surface area (Å²) in [6.45, 7) is 13.3. The maximum Gasteiger partial charge on any atom is 0.408 e. The lowest BCUT2D eigenvalue weighted by atomic mass is 9.94. The molecular formula is C29H41N3O4S. The molecule has 3 amide bonds. The van der Waals surface area contributed by atoms with Crippen molar-refractivity contribution < 1.29 is 19.1 Å². The average Bonchev–Trinajstić information content (AvgIpc) is 2.82. The fourth-order valence-electron chi connectivity index (χ4n) is 4.04. The number of carbonyl (C=O) groups excluding carboxylic acids is 3. The molecule has 0 saturated carbocycles. The summed E-state index contributed by atoms with van der Waals surface area (Å²) in [4.78, 5) is 42.0. The van der Waals surface area contributed by atoms with Gasteiger partial charge in [-0.2, -0.15) is 11.8 Å². The van der Waals surface area contributed by atoms with Crippen molar-refractivity contribution in [3.63, 3.8) is 0 Å². The SMILES string of the molecule is CCN(C(=O)C(CCSC)NC(=O)OC(C)(C)C)C(C(=O)Nc1ccccc1C)c1cccc(C)c1C. The molecule has 0 saturated heterocycles. The van der Waals surface area contributed by atoms with Crippen LogP contribution in [0.2, 0.25) is 0 Å². The van der Waals surface area contributed by atoms with Gasteiger partial charge in [0.05, 0.1) is 0 Å². The molecule has 2 aromatic rings. The van der Waals surface area contributed by atoms with Gasteiger partial charge in [0.2, 0.25) is 5.91 Å². The zero-order chi connectivity index (χ0) is 27.8. The van der Waals surface area contributed by atoms with Gasteiger partial charge in [-0.05, 0) is 95.2 Å². The van der Waals surface area contributed by atoms with E-state index in [1.165, 1.54) is 0 Å². The number of carbonyl (C=O) groups is 3. The largest absolute Gasteiger partial charge is 0.444 e. The second-order valence-electron chi connectivity index (χ2n) is 10.1. The number of hydrogen-bond acceptors (Lipinski definition) is 5. The van der Waals surface area contributed by atoms with Crippen molar-refractivity contribution in [1.82, 2.24) is 10.2 Å². The highest BCUT2D eigenvalue weighted by Gasteiger charge is 2.36. The Balaban J connectivity index is 2.50. The van der Waals surface area contributed by atoms with Crippen molar-refractivity contribution in [2.45, 2.75) is 72.6 Å². The molecule has 0 aliphatic rings. The van der Waals surface area contributed by atoms with E-state index in [-0.39, 0.29) is 18.4 Å². The predicted octanol–water partition coefficient (Wildman–Crippen LogP) is 5.79. The van der Waals surface area contributed by atoms with Gasteiger partial charge in [0.15, 0.2) is 0 Å². The first-order chi connectivity index (χ1) is 17.4. The van der Waals surface area contributed by atoms with Crippen LogP contribution >= 0.6 is 11.8 Å². The Morgan fingerprint density at radius 3 is 2.24 bits per heavy atom. The molecule has 0 radical (unpaired) electrons. The van der Waals surface area contributed by atoms with Crippen LogP contribution in [0.4, 0.5) is 10.5 Å². The number of anilines is 1. The number of alkyl carbamates (subject to hydrolysis) is 1. The van der Waals surface area contributed by atoms with Crippen molar-refractivity contribution in [3.05, 3.63) is 64.7 Å². The van der Waals surface area contributed by atoms with Crippen LogP contribution in [0.15, 0.2) is 42.5 Å². The lowest BCUT2D eigenvalue weighted by molar-refractivity contribution is -0.140. The molecule has 0 fully saturated rings. The summed E-state index contributed by atoms with van der Waals surface area (Å²) in [5.74, 6) is 0.0279. The zero-order valence-electron chi connectivity index (χ0n) is 23.3. The Bertz CT molecular complexity index is 1100. The third kappa shape index (κ3) is 8.52. The fraction of sp³-hybridized carbons (Fsp3) is 0.483. The summed E-state index contributed by atoms with van der Waals surface area (Å²) in [7, 11) is 0. The number of benzene rings is 2. The van der Waals surface area contributed by atoms with E-state index in [9.17, 15) is 14.4 Å². The molecule has 2 unspecified atom stereocenters. The number of para-hydroxylation sites is 1. The van der Waals surface area contributed by atoms with E-state index in [1.54, 1.807) is 37.4 Å². The van der Waals surface area contributed by atoms with Gasteiger partial charge in [-0.15, -0.1) is 0 Å². The van der Waals surface area contributed by atoms with Crippen LogP contribution in [0.1, 0.15) is 62.4 Å². The zero-order valence-corrected chi connectivity index (χ0v) is 24.1. The Hall–Kier alpha value is -3.00. The lowest BCUT2D eigenvalue weighted by Crippen LogP contribution is -2.52. The van der Waals surface area contributed by atoms with Crippen LogP contribution in [-0.2, 0) is 14.3 Å². The molecule has 0 aliphatic carbocycles. The van der Waals surface area contributed by atoms with Crippen LogP contribution in [0.25, 0.3) is 0 Å². The predicted molar refractivity (Wildman–Crippen MR) is 152 cm³/mol. The second kappa shape index (κ2) is 13.5. The molecule has 7 nitrogen and oxygen atoms in total. The summed E-state index contributed by atoms with van der Waals surface area (Å²) in [6, 6.07) is 11.6. The molecule has 0 bridgehead atoms. The summed E-state index contributed by atoms with van der Waals surface area (Å²) in [5, 5.41) is 5.79. The summed E-state index contributed by atoms with van der Waals surface area (Å²) >= 11 is 1.58. The van der Waals surface area contributed by atoms with E-state index >= 15 is 0 Å². The van der Waals surface area contributed by atoms with Crippen molar-refractivity contribution in [3.8, 4) is 0 Å². The molecule has 37 heavy (non-hydrogen) atoms. The van der Waals surface area contributed by atoms with Crippen molar-refractivity contribution >= 4 is 35.4 Å². The van der Waals surface area contributed by atoms with E-state index < -0.39 is 23.8 Å². The van der Waals surface area contributed by atoms with Gasteiger partial charge in [-0.3, -0.25) is 9.59 Å².